The van der Waals surface area contributed by atoms with Gasteiger partial charge in [0.25, 0.3) is 0 Å². The third kappa shape index (κ3) is 1.76. The fourth-order valence-corrected chi connectivity index (χ4v) is 2.69. The van der Waals surface area contributed by atoms with E-state index in [9.17, 15) is 9.18 Å². The number of carbonyl (C=O) groups is 1. The summed E-state index contributed by atoms with van der Waals surface area (Å²) in [6.07, 6.45) is 0. The van der Waals surface area contributed by atoms with E-state index in [1.807, 2.05) is 0 Å². The van der Waals surface area contributed by atoms with Gasteiger partial charge >= 0.3 is 0 Å². The molecule has 2 rings (SSSR count). The summed E-state index contributed by atoms with van der Waals surface area (Å²) in [5, 5.41) is 2.80. The highest BCUT2D eigenvalue weighted by molar-refractivity contribution is 5.96. The van der Waals surface area contributed by atoms with Gasteiger partial charge in [0.05, 0.1) is 5.69 Å². The lowest BCUT2D eigenvalue weighted by Crippen LogP contribution is -2.17. The largest absolute Gasteiger partial charge is 0.396 e. The number of benzene rings is 1. The van der Waals surface area contributed by atoms with E-state index in [0.717, 1.165) is 0 Å². The molecule has 0 saturated heterocycles. The summed E-state index contributed by atoms with van der Waals surface area (Å²) in [6.45, 7) is 8.32. The molecule has 0 atom stereocenters. The maximum Gasteiger partial charge on any atom is 0.228 e. The van der Waals surface area contributed by atoms with Crippen LogP contribution in [0.5, 0.6) is 0 Å². The van der Waals surface area contributed by atoms with Gasteiger partial charge in [0.15, 0.2) is 0 Å². The van der Waals surface area contributed by atoms with Crippen LogP contribution in [0.1, 0.15) is 27.7 Å². The highest BCUT2D eigenvalue weighted by atomic mass is 19.1. The van der Waals surface area contributed by atoms with Crippen LogP contribution >= 0.6 is 0 Å². The van der Waals surface area contributed by atoms with Gasteiger partial charge in [-0.3, -0.25) is 4.79 Å². The predicted molar refractivity (Wildman–Crippen MR) is 70.5 cm³/mol. The van der Waals surface area contributed by atoms with E-state index in [4.69, 9.17) is 5.73 Å². The summed E-state index contributed by atoms with van der Waals surface area (Å²) in [5.41, 5.74) is 6.03. The van der Waals surface area contributed by atoms with Crippen molar-refractivity contribution in [3.63, 3.8) is 0 Å². The molecule has 0 aliphatic heterocycles. The summed E-state index contributed by atoms with van der Waals surface area (Å²) in [6, 6.07) is 4.22. The molecule has 3 nitrogen and oxygen atoms in total. The van der Waals surface area contributed by atoms with Gasteiger partial charge < -0.3 is 11.1 Å². The molecule has 0 spiro atoms. The first kappa shape index (κ1) is 12.9. The van der Waals surface area contributed by atoms with E-state index in [1.165, 1.54) is 18.2 Å². The van der Waals surface area contributed by atoms with E-state index in [1.54, 1.807) is 0 Å². The van der Waals surface area contributed by atoms with Crippen LogP contribution in [0.4, 0.5) is 15.8 Å². The van der Waals surface area contributed by atoms with E-state index in [0.29, 0.717) is 5.69 Å². The Balaban J connectivity index is 2.12. The SMILES string of the molecule is CC1(C)C(C(=O)Nc2ccc(F)c(N)c2)C1(C)C. The number of nitrogens with two attached hydrogens (primary N) is 1. The molecule has 3 N–H and O–H groups in total. The summed E-state index contributed by atoms with van der Waals surface area (Å²) in [5.74, 6) is -0.535. The van der Waals surface area contributed by atoms with Crippen molar-refractivity contribution < 1.29 is 9.18 Å². The van der Waals surface area contributed by atoms with E-state index in [-0.39, 0.29) is 28.3 Å². The summed E-state index contributed by atoms with van der Waals surface area (Å²) in [4.78, 5) is 12.2. The number of nitrogen functional groups attached to an aromatic ring is 1. The van der Waals surface area contributed by atoms with Crippen LogP contribution < -0.4 is 11.1 Å². The van der Waals surface area contributed by atoms with Crippen LogP contribution in [0.25, 0.3) is 0 Å². The van der Waals surface area contributed by atoms with Gasteiger partial charge in [-0.1, -0.05) is 27.7 Å². The van der Waals surface area contributed by atoms with Gasteiger partial charge in [0.1, 0.15) is 5.82 Å². The Morgan fingerprint density at radius 1 is 1.28 bits per heavy atom. The monoisotopic (exact) mass is 250 g/mol. The average molecular weight is 250 g/mol. The first-order valence-corrected chi connectivity index (χ1v) is 6.04. The summed E-state index contributed by atoms with van der Waals surface area (Å²) in [7, 11) is 0. The third-order valence-electron chi connectivity index (χ3n) is 4.55. The topological polar surface area (TPSA) is 55.1 Å². The van der Waals surface area contributed by atoms with E-state index < -0.39 is 5.82 Å². The maximum absolute atomic E-state index is 13.0. The molecule has 1 aromatic carbocycles. The lowest BCUT2D eigenvalue weighted by atomic mass is 10.0. The lowest BCUT2D eigenvalue weighted by Gasteiger charge is -2.07. The molecule has 4 heteroatoms. The molecular weight excluding hydrogens is 231 g/mol. The maximum atomic E-state index is 13.0. The summed E-state index contributed by atoms with van der Waals surface area (Å²) < 4.78 is 13.0. The van der Waals surface area contributed by atoms with Crippen LogP contribution in [0, 0.1) is 22.6 Å². The molecule has 0 bridgehead atoms. The van der Waals surface area contributed by atoms with Crippen LogP contribution in [-0.4, -0.2) is 5.91 Å². The number of hydrogen-bond acceptors (Lipinski definition) is 2. The minimum absolute atomic E-state index is 0.0113. The zero-order chi connectivity index (χ0) is 13.7. The van der Waals surface area contributed by atoms with E-state index >= 15 is 0 Å². The normalized spacial score (nSPS) is 20.5. The zero-order valence-corrected chi connectivity index (χ0v) is 11.2. The number of halogens is 1. The van der Waals surface area contributed by atoms with Crippen molar-refractivity contribution in [2.45, 2.75) is 27.7 Å². The number of anilines is 2. The van der Waals surface area contributed by atoms with Crippen LogP contribution in [0.15, 0.2) is 18.2 Å². The molecule has 1 amide bonds. The quantitative estimate of drug-likeness (QED) is 0.793. The molecule has 98 valence electrons. The lowest BCUT2D eigenvalue weighted by molar-refractivity contribution is -0.118. The van der Waals surface area contributed by atoms with Gasteiger partial charge in [0, 0.05) is 11.6 Å². The fraction of sp³-hybridized carbons (Fsp3) is 0.500. The van der Waals surface area contributed by atoms with Gasteiger partial charge in [0.2, 0.25) is 5.91 Å². The predicted octanol–water partition coefficient (Wildman–Crippen LogP) is 3.03. The van der Waals surface area contributed by atoms with Gasteiger partial charge in [-0.25, -0.2) is 4.39 Å². The van der Waals surface area contributed by atoms with Gasteiger partial charge in [-0.15, -0.1) is 0 Å². The number of rotatable bonds is 2. The Morgan fingerprint density at radius 2 is 1.83 bits per heavy atom. The van der Waals surface area contributed by atoms with Crippen molar-refractivity contribution in [1.29, 1.82) is 0 Å². The second-order valence-corrected chi connectivity index (χ2v) is 6.10. The van der Waals surface area contributed by atoms with Crippen LogP contribution in [-0.2, 0) is 4.79 Å². The molecule has 1 aliphatic rings. The van der Waals surface area contributed by atoms with Gasteiger partial charge in [-0.2, -0.15) is 0 Å². The fourth-order valence-electron chi connectivity index (χ4n) is 2.69. The average Bonchev–Trinajstić information content (AvgIpc) is 2.63. The molecule has 0 heterocycles. The molecule has 1 aliphatic carbocycles. The highest BCUT2D eigenvalue weighted by Crippen LogP contribution is 2.68. The Kier molecular flexibility index (Phi) is 2.65. The Labute approximate surface area is 107 Å². The molecule has 0 radical (unpaired) electrons. The number of nitrogens with one attached hydrogen (secondary N) is 1. The van der Waals surface area contributed by atoms with Crippen LogP contribution in [0.3, 0.4) is 0 Å². The number of carbonyl (C=O) groups excluding carboxylic acids is 1. The van der Waals surface area contributed by atoms with E-state index in [2.05, 4.69) is 33.0 Å². The Morgan fingerprint density at radius 3 is 2.28 bits per heavy atom. The minimum Gasteiger partial charge on any atom is -0.396 e. The molecule has 1 saturated carbocycles. The third-order valence-corrected chi connectivity index (χ3v) is 4.55. The highest BCUT2D eigenvalue weighted by Gasteiger charge is 2.68. The second kappa shape index (κ2) is 3.70. The molecule has 18 heavy (non-hydrogen) atoms. The smallest absolute Gasteiger partial charge is 0.228 e. The van der Waals surface area contributed by atoms with Crippen molar-refractivity contribution in [3.05, 3.63) is 24.0 Å². The molecule has 0 unspecified atom stereocenters. The Bertz CT molecular complexity index is 495. The van der Waals surface area contributed by atoms with Crippen LogP contribution in [0.2, 0.25) is 0 Å². The molecule has 0 aromatic heterocycles. The first-order valence-electron chi connectivity index (χ1n) is 6.04. The summed E-state index contributed by atoms with van der Waals surface area (Å²) >= 11 is 0. The standard InChI is InChI=1S/C14H19FN2O/c1-13(2)11(14(13,3)4)12(18)17-8-5-6-9(15)10(16)7-8/h5-7,11H,16H2,1-4H3,(H,17,18). The molecule has 1 fully saturated rings. The first-order chi connectivity index (χ1) is 8.18. The van der Waals surface area contributed by atoms with Crippen molar-refractivity contribution in [1.82, 2.24) is 0 Å². The van der Waals surface area contributed by atoms with Gasteiger partial charge in [-0.05, 0) is 29.0 Å². The molecule has 1 aromatic rings. The number of amides is 1. The number of hydrogen-bond donors (Lipinski definition) is 2. The zero-order valence-electron chi connectivity index (χ0n) is 11.2. The minimum atomic E-state index is -0.472. The van der Waals surface area contributed by atoms with Crippen molar-refractivity contribution in [3.8, 4) is 0 Å². The Hall–Kier alpha value is -1.58. The molecular formula is C14H19FN2O. The second-order valence-electron chi connectivity index (χ2n) is 6.10. The van der Waals surface area contributed by atoms with Crippen molar-refractivity contribution in [2.24, 2.45) is 16.7 Å². The van der Waals surface area contributed by atoms with Crippen molar-refractivity contribution in [2.75, 3.05) is 11.1 Å². The van der Waals surface area contributed by atoms with Crippen molar-refractivity contribution >= 4 is 17.3 Å².